The van der Waals surface area contributed by atoms with Crippen molar-refractivity contribution in [2.75, 3.05) is 11.9 Å². The number of rotatable bonds is 5. The van der Waals surface area contributed by atoms with E-state index >= 15 is 0 Å². The number of Topliss-reactive ketones (excluding diaryl/α,β-unsaturated/α-hetero) is 1. The Balaban J connectivity index is 2.43. The molecular weight excluding hydrogens is 398 g/mol. The molecule has 0 radical (unpaired) electrons. The second kappa shape index (κ2) is 7.27. The van der Waals surface area contributed by atoms with E-state index < -0.39 is 11.9 Å². The first-order chi connectivity index (χ1) is 11.3. The van der Waals surface area contributed by atoms with E-state index in [1.807, 2.05) is 0 Å². The normalized spacial score (nSPS) is 10.5. The largest absolute Gasteiger partial charge is 0.462 e. The molecule has 0 spiro atoms. The number of aromatic nitrogens is 2. The van der Waals surface area contributed by atoms with Crippen LogP contribution in [0.4, 0.5) is 5.00 Å². The maximum absolute atomic E-state index is 12.4. The molecule has 7 nitrogen and oxygen atoms in total. The van der Waals surface area contributed by atoms with Crippen molar-refractivity contribution in [3.63, 3.8) is 0 Å². The smallest absolute Gasteiger partial charge is 0.341 e. The van der Waals surface area contributed by atoms with E-state index in [9.17, 15) is 14.4 Å². The molecule has 0 aliphatic carbocycles. The van der Waals surface area contributed by atoms with Crippen molar-refractivity contribution in [2.45, 2.75) is 20.8 Å². The summed E-state index contributed by atoms with van der Waals surface area (Å²) in [5.41, 5.74) is 0.886. The number of aryl methyl sites for hydroxylation is 1. The molecule has 2 aromatic rings. The summed E-state index contributed by atoms with van der Waals surface area (Å²) >= 11 is 4.31. The summed E-state index contributed by atoms with van der Waals surface area (Å²) in [5.74, 6) is -1.24. The fraction of sp³-hybridized carbons (Fsp3) is 0.333. The molecule has 2 aromatic heterocycles. The van der Waals surface area contributed by atoms with Crippen molar-refractivity contribution >= 4 is 49.9 Å². The second-order valence-electron chi connectivity index (χ2n) is 4.99. The predicted molar refractivity (Wildman–Crippen MR) is 93.9 cm³/mol. The molecular formula is C15H16BrN3O4S. The molecule has 0 fully saturated rings. The fourth-order valence-electron chi connectivity index (χ4n) is 2.16. The molecule has 24 heavy (non-hydrogen) atoms. The third-order valence-electron chi connectivity index (χ3n) is 3.17. The van der Waals surface area contributed by atoms with Crippen molar-refractivity contribution in [3.8, 4) is 0 Å². The topological polar surface area (TPSA) is 90.3 Å². The average molecular weight is 414 g/mol. The summed E-state index contributed by atoms with van der Waals surface area (Å²) in [6, 6.07) is 0. The number of ketones is 1. The number of halogens is 1. The van der Waals surface area contributed by atoms with Crippen LogP contribution in [0.5, 0.6) is 0 Å². The van der Waals surface area contributed by atoms with Crippen molar-refractivity contribution in [3.05, 3.63) is 32.4 Å². The number of carbonyl (C=O) groups is 3. The van der Waals surface area contributed by atoms with E-state index in [1.54, 1.807) is 27.1 Å². The second-order valence-corrected chi connectivity index (χ2v) is 6.87. The molecule has 0 saturated carbocycles. The molecule has 1 amide bonds. The maximum Gasteiger partial charge on any atom is 0.341 e. The number of ether oxygens (including phenoxy) is 1. The summed E-state index contributed by atoms with van der Waals surface area (Å²) in [4.78, 5) is 36.8. The van der Waals surface area contributed by atoms with Crippen molar-refractivity contribution in [2.24, 2.45) is 7.05 Å². The molecule has 0 aliphatic rings. The average Bonchev–Trinajstić information content (AvgIpc) is 2.98. The van der Waals surface area contributed by atoms with Gasteiger partial charge >= 0.3 is 5.97 Å². The Hall–Kier alpha value is -2.00. The quantitative estimate of drug-likeness (QED) is 0.600. The lowest BCUT2D eigenvalue weighted by molar-refractivity contribution is 0.0527. The van der Waals surface area contributed by atoms with E-state index in [0.717, 1.165) is 11.3 Å². The van der Waals surface area contributed by atoms with Gasteiger partial charge in [-0.15, -0.1) is 11.3 Å². The van der Waals surface area contributed by atoms with E-state index in [0.29, 0.717) is 14.9 Å². The Morgan fingerprint density at radius 1 is 1.42 bits per heavy atom. The summed E-state index contributed by atoms with van der Waals surface area (Å²) in [6.07, 6.45) is 1.64. The highest BCUT2D eigenvalue weighted by Gasteiger charge is 2.26. The van der Waals surface area contributed by atoms with Crippen LogP contribution in [0.2, 0.25) is 0 Å². The molecule has 0 unspecified atom stereocenters. The molecule has 0 bridgehead atoms. The molecule has 0 atom stereocenters. The van der Waals surface area contributed by atoms with E-state index in [4.69, 9.17) is 4.74 Å². The van der Waals surface area contributed by atoms with Crippen LogP contribution in [-0.4, -0.2) is 34.0 Å². The summed E-state index contributed by atoms with van der Waals surface area (Å²) in [5, 5.41) is 6.99. The maximum atomic E-state index is 12.4. The van der Waals surface area contributed by atoms with Crippen LogP contribution >= 0.6 is 27.3 Å². The summed E-state index contributed by atoms with van der Waals surface area (Å²) in [7, 11) is 1.69. The van der Waals surface area contributed by atoms with Gasteiger partial charge in [0.1, 0.15) is 5.00 Å². The third kappa shape index (κ3) is 3.57. The van der Waals surface area contributed by atoms with E-state index in [1.165, 1.54) is 11.6 Å². The molecule has 2 heterocycles. The molecule has 2 rings (SSSR count). The first-order valence-corrected chi connectivity index (χ1v) is 8.69. The minimum atomic E-state index is -0.575. The molecule has 0 aliphatic heterocycles. The highest BCUT2D eigenvalue weighted by Crippen LogP contribution is 2.34. The van der Waals surface area contributed by atoms with Crippen molar-refractivity contribution in [1.29, 1.82) is 0 Å². The van der Waals surface area contributed by atoms with Gasteiger partial charge in [-0.1, -0.05) is 0 Å². The number of nitrogens with one attached hydrogen (secondary N) is 1. The van der Waals surface area contributed by atoms with Gasteiger partial charge in [-0.25, -0.2) is 4.79 Å². The molecule has 1 N–H and O–H groups in total. The number of amides is 1. The minimum Gasteiger partial charge on any atom is -0.462 e. The molecule has 0 saturated heterocycles. The highest BCUT2D eigenvalue weighted by atomic mass is 79.9. The number of hydrogen-bond donors (Lipinski definition) is 1. The Kier molecular flexibility index (Phi) is 5.55. The van der Waals surface area contributed by atoms with Crippen LogP contribution in [0.1, 0.15) is 49.9 Å². The molecule has 0 aromatic carbocycles. The van der Waals surface area contributed by atoms with E-state index in [2.05, 4.69) is 26.3 Å². The first kappa shape index (κ1) is 18.3. The zero-order valence-electron chi connectivity index (χ0n) is 13.6. The monoisotopic (exact) mass is 413 g/mol. The Morgan fingerprint density at radius 2 is 2.08 bits per heavy atom. The van der Waals surface area contributed by atoms with Crippen LogP contribution < -0.4 is 5.32 Å². The lowest BCUT2D eigenvalue weighted by Crippen LogP contribution is -2.16. The van der Waals surface area contributed by atoms with Crippen LogP contribution in [0, 0.1) is 6.92 Å². The predicted octanol–water partition coefficient (Wildman–Crippen LogP) is 3.18. The van der Waals surface area contributed by atoms with Gasteiger partial charge in [0.05, 0.1) is 21.5 Å². The lowest BCUT2D eigenvalue weighted by Gasteiger charge is -2.06. The van der Waals surface area contributed by atoms with Crippen molar-refractivity contribution < 1.29 is 19.1 Å². The van der Waals surface area contributed by atoms with Gasteiger partial charge in [-0.05, 0) is 42.3 Å². The summed E-state index contributed by atoms with van der Waals surface area (Å²) in [6.45, 7) is 4.96. The fourth-order valence-corrected chi connectivity index (χ4v) is 3.80. The zero-order valence-corrected chi connectivity index (χ0v) is 16.0. The van der Waals surface area contributed by atoms with E-state index in [-0.39, 0.29) is 28.6 Å². The van der Waals surface area contributed by atoms with Crippen molar-refractivity contribution in [1.82, 2.24) is 9.78 Å². The SMILES string of the molecule is CCOC(=O)c1c(NC(=O)c2nn(C)cc2Br)sc(C(C)=O)c1C. The number of thiophene rings is 1. The lowest BCUT2D eigenvalue weighted by atomic mass is 10.1. The van der Waals surface area contributed by atoms with Gasteiger partial charge in [0.15, 0.2) is 11.5 Å². The van der Waals surface area contributed by atoms with Crippen LogP contribution in [0.25, 0.3) is 0 Å². The number of esters is 1. The molecule has 128 valence electrons. The molecule has 9 heteroatoms. The van der Waals surface area contributed by atoms with Crippen LogP contribution in [-0.2, 0) is 11.8 Å². The summed E-state index contributed by atoms with van der Waals surface area (Å²) < 4.78 is 7.05. The Bertz CT molecular complexity index is 825. The Labute approximate surface area is 151 Å². The standard InChI is InChI=1S/C15H16BrN3O4S/c1-5-23-15(22)10-7(2)12(8(3)20)24-14(10)17-13(21)11-9(16)6-19(4)18-11/h6H,5H2,1-4H3,(H,17,21). The van der Waals surface area contributed by atoms with Crippen LogP contribution in [0.15, 0.2) is 10.7 Å². The van der Waals surface area contributed by atoms with Crippen LogP contribution in [0.3, 0.4) is 0 Å². The van der Waals surface area contributed by atoms with Gasteiger partial charge in [0.25, 0.3) is 5.91 Å². The zero-order chi connectivity index (χ0) is 18.0. The highest BCUT2D eigenvalue weighted by molar-refractivity contribution is 9.10. The minimum absolute atomic E-state index is 0.178. The number of carbonyl (C=O) groups excluding carboxylic acids is 3. The van der Waals surface area contributed by atoms with Gasteiger partial charge in [0.2, 0.25) is 0 Å². The van der Waals surface area contributed by atoms with Gasteiger partial charge < -0.3 is 10.1 Å². The third-order valence-corrected chi connectivity index (χ3v) is 5.06. The number of nitrogens with zero attached hydrogens (tertiary/aromatic N) is 2. The number of hydrogen-bond acceptors (Lipinski definition) is 6. The van der Waals surface area contributed by atoms with Gasteiger partial charge in [0, 0.05) is 13.2 Å². The van der Waals surface area contributed by atoms with Gasteiger partial charge in [-0.2, -0.15) is 5.10 Å². The van der Waals surface area contributed by atoms with Gasteiger partial charge in [-0.3, -0.25) is 14.3 Å². The number of anilines is 1. The Morgan fingerprint density at radius 3 is 2.58 bits per heavy atom. The first-order valence-electron chi connectivity index (χ1n) is 7.08.